The fourth-order valence-corrected chi connectivity index (χ4v) is 3.31. The molecule has 1 aromatic carbocycles. The van der Waals surface area contributed by atoms with Crippen LogP contribution < -0.4 is 5.06 Å². The van der Waals surface area contributed by atoms with Gasteiger partial charge in [-0.25, -0.2) is 0 Å². The normalized spacial score (nSPS) is 18.8. The topological polar surface area (TPSA) is 53.0 Å². The summed E-state index contributed by atoms with van der Waals surface area (Å²) in [6.07, 6.45) is 6.33. The number of aryl methyl sites for hydroxylation is 1. The molecule has 0 aromatic heterocycles. The van der Waals surface area contributed by atoms with Crippen LogP contribution in [0.15, 0.2) is 24.8 Å². The molecular weight excluding hydrogens is 292 g/mol. The molecule has 5 nitrogen and oxygen atoms in total. The van der Waals surface area contributed by atoms with Crippen LogP contribution in [-0.2, 0) is 22.6 Å². The van der Waals surface area contributed by atoms with E-state index in [1.165, 1.54) is 24.3 Å². The van der Waals surface area contributed by atoms with Gasteiger partial charge in [0.2, 0.25) is 0 Å². The highest BCUT2D eigenvalue weighted by molar-refractivity contribution is 5.96. The van der Waals surface area contributed by atoms with Crippen LogP contribution in [0.25, 0.3) is 0 Å². The minimum atomic E-state index is -0.121. The summed E-state index contributed by atoms with van der Waals surface area (Å²) >= 11 is 0. The molecule has 2 aliphatic heterocycles. The lowest BCUT2D eigenvalue weighted by Gasteiger charge is -2.31. The monoisotopic (exact) mass is 316 g/mol. The van der Waals surface area contributed by atoms with E-state index in [0.29, 0.717) is 25.1 Å². The second kappa shape index (κ2) is 7.15. The second-order valence-corrected chi connectivity index (χ2v) is 6.19. The van der Waals surface area contributed by atoms with Crippen LogP contribution in [0, 0.1) is 0 Å². The summed E-state index contributed by atoms with van der Waals surface area (Å²) in [5, 5.41) is 12.0. The molecule has 1 aromatic rings. The van der Waals surface area contributed by atoms with Crippen LogP contribution in [0.3, 0.4) is 0 Å². The van der Waals surface area contributed by atoms with Crippen LogP contribution in [0.2, 0.25) is 0 Å². The fourth-order valence-electron chi connectivity index (χ4n) is 3.31. The van der Waals surface area contributed by atoms with Gasteiger partial charge in [-0.15, -0.1) is 6.58 Å². The summed E-state index contributed by atoms with van der Waals surface area (Å²) in [5.74, 6) is 0.0509. The average Bonchev–Trinajstić information content (AvgIpc) is 2.57. The maximum atomic E-state index is 12.2. The molecule has 23 heavy (non-hydrogen) atoms. The molecule has 0 aliphatic carbocycles. The molecule has 2 aliphatic rings. The van der Waals surface area contributed by atoms with Gasteiger partial charge in [0, 0.05) is 18.5 Å². The molecule has 0 atom stereocenters. The largest absolute Gasteiger partial charge is 0.505 e. The van der Waals surface area contributed by atoms with Crippen molar-refractivity contribution in [1.29, 1.82) is 0 Å². The fraction of sp³-hybridized carbons (Fsp3) is 0.500. The Balaban J connectivity index is 1.87. The molecule has 1 amide bonds. The number of rotatable bonds is 5. The van der Waals surface area contributed by atoms with Crippen molar-refractivity contribution in [2.75, 3.05) is 24.8 Å². The molecule has 0 saturated carbocycles. The van der Waals surface area contributed by atoms with Crippen molar-refractivity contribution in [3.63, 3.8) is 0 Å². The Morgan fingerprint density at radius 1 is 1.22 bits per heavy atom. The number of phenolic OH excluding ortho intramolecular Hbond substituents is 1. The Bertz CT molecular complexity index is 594. The van der Waals surface area contributed by atoms with E-state index in [1.807, 2.05) is 12.1 Å². The van der Waals surface area contributed by atoms with Gasteiger partial charge in [0.15, 0.2) is 0 Å². The number of carbonyl (C=O) groups excluding carboxylic acids is 1. The van der Waals surface area contributed by atoms with Crippen molar-refractivity contribution in [2.24, 2.45) is 0 Å². The number of carbonyl (C=O) groups is 1. The zero-order chi connectivity index (χ0) is 16.2. The van der Waals surface area contributed by atoms with E-state index in [4.69, 9.17) is 4.84 Å². The maximum absolute atomic E-state index is 12.2. The zero-order valence-corrected chi connectivity index (χ0v) is 13.5. The predicted octanol–water partition coefficient (Wildman–Crippen LogP) is 2.77. The van der Waals surface area contributed by atoms with Crippen molar-refractivity contribution >= 4 is 11.6 Å². The number of aromatic hydroxyl groups is 1. The van der Waals surface area contributed by atoms with E-state index in [0.717, 1.165) is 24.2 Å². The molecule has 0 unspecified atom stereocenters. The van der Waals surface area contributed by atoms with Crippen LogP contribution in [0.5, 0.6) is 5.75 Å². The van der Waals surface area contributed by atoms with Crippen LogP contribution in [-0.4, -0.2) is 35.6 Å². The van der Waals surface area contributed by atoms with Gasteiger partial charge < -0.3 is 5.11 Å². The number of nitrogens with zero attached hydrogens (tertiary/aromatic N) is 2. The minimum absolute atomic E-state index is 0.121. The summed E-state index contributed by atoms with van der Waals surface area (Å²) in [7, 11) is 0. The van der Waals surface area contributed by atoms with Gasteiger partial charge in [0.25, 0.3) is 5.91 Å². The van der Waals surface area contributed by atoms with Gasteiger partial charge in [-0.3, -0.25) is 14.5 Å². The summed E-state index contributed by atoms with van der Waals surface area (Å²) in [6.45, 7) is 6.68. The van der Waals surface area contributed by atoms with Gasteiger partial charge in [-0.1, -0.05) is 24.6 Å². The molecule has 0 spiro atoms. The van der Waals surface area contributed by atoms with E-state index in [2.05, 4.69) is 11.5 Å². The van der Waals surface area contributed by atoms with Gasteiger partial charge in [-0.2, -0.15) is 5.06 Å². The first-order valence-corrected chi connectivity index (χ1v) is 8.33. The molecule has 1 saturated heterocycles. The number of anilines is 1. The summed E-state index contributed by atoms with van der Waals surface area (Å²) in [5.41, 5.74) is 2.32. The number of amides is 1. The lowest BCUT2D eigenvalue weighted by Crippen LogP contribution is -2.35. The Labute approximate surface area is 137 Å². The first kappa shape index (κ1) is 16.0. The van der Waals surface area contributed by atoms with E-state index in [1.54, 1.807) is 6.08 Å². The first-order valence-electron chi connectivity index (χ1n) is 8.33. The highest BCUT2D eigenvalue weighted by atomic mass is 16.7. The summed E-state index contributed by atoms with van der Waals surface area (Å²) in [4.78, 5) is 20.0. The molecule has 1 N–H and O–H groups in total. The number of likely N-dealkylation sites (tertiary alicyclic amines) is 1. The predicted molar refractivity (Wildman–Crippen MR) is 89.2 cm³/mol. The molecule has 1 fully saturated rings. The lowest BCUT2D eigenvalue weighted by molar-refractivity contribution is -0.126. The van der Waals surface area contributed by atoms with E-state index in [9.17, 15) is 9.90 Å². The quantitative estimate of drug-likeness (QED) is 0.849. The van der Waals surface area contributed by atoms with E-state index < -0.39 is 0 Å². The van der Waals surface area contributed by atoms with Gasteiger partial charge in [0.1, 0.15) is 11.4 Å². The minimum Gasteiger partial charge on any atom is -0.505 e. The van der Waals surface area contributed by atoms with Gasteiger partial charge in [-0.05, 0) is 37.9 Å². The molecule has 124 valence electrons. The average molecular weight is 316 g/mol. The smallest absolute Gasteiger partial charge is 0.251 e. The van der Waals surface area contributed by atoms with Crippen molar-refractivity contribution in [2.45, 2.75) is 38.6 Å². The van der Waals surface area contributed by atoms with Crippen LogP contribution >= 0.6 is 0 Å². The van der Waals surface area contributed by atoms with Crippen molar-refractivity contribution in [3.05, 3.63) is 35.9 Å². The van der Waals surface area contributed by atoms with Gasteiger partial charge in [0.05, 0.1) is 6.61 Å². The van der Waals surface area contributed by atoms with Crippen LogP contribution in [0.1, 0.15) is 36.8 Å². The zero-order valence-electron chi connectivity index (χ0n) is 13.5. The van der Waals surface area contributed by atoms with Crippen molar-refractivity contribution < 1.29 is 14.7 Å². The number of hydroxylamine groups is 1. The highest BCUT2D eigenvalue weighted by Crippen LogP contribution is 2.39. The molecule has 0 radical (unpaired) electrons. The molecule has 2 heterocycles. The number of benzene rings is 1. The third kappa shape index (κ3) is 3.41. The Morgan fingerprint density at radius 2 is 2.00 bits per heavy atom. The van der Waals surface area contributed by atoms with Crippen molar-refractivity contribution in [1.82, 2.24) is 4.90 Å². The first-order chi connectivity index (χ1) is 11.2. The van der Waals surface area contributed by atoms with E-state index >= 15 is 0 Å². The lowest BCUT2D eigenvalue weighted by atomic mass is 9.98. The number of phenols is 1. The van der Waals surface area contributed by atoms with Crippen LogP contribution in [0.4, 0.5) is 5.69 Å². The third-order valence-electron chi connectivity index (χ3n) is 4.52. The number of fused-ring (bicyclic) bond motifs is 1. The van der Waals surface area contributed by atoms with Crippen molar-refractivity contribution in [3.8, 4) is 5.75 Å². The van der Waals surface area contributed by atoms with Gasteiger partial charge >= 0.3 is 0 Å². The number of hydrogen-bond acceptors (Lipinski definition) is 4. The Hall–Kier alpha value is -1.85. The Morgan fingerprint density at radius 3 is 2.74 bits per heavy atom. The SMILES string of the molecule is C=CCON1C(=O)CCc2ccc(CN3CCCCC3)c(O)c21. The number of hydrogen-bond donors (Lipinski definition) is 1. The molecule has 5 heteroatoms. The molecular formula is C18H24N2O3. The Kier molecular flexibility index (Phi) is 4.98. The summed E-state index contributed by atoms with van der Waals surface area (Å²) < 4.78 is 0. The molecule has 3 rings (SSSR count). The standard InChI is InChI=1S/C18H24N2O3/c1-2-12-23-20-16(21)9-8-14-6-7-15(18(22)17(14)20)13-19-10-4-3-5-11-19/h2,6-7,22H,1,3-5,8-13H2. The number of piperidine rings is 1. The maximum Gasteiger partial charge on any atom is 0.251 e. The second-order valence-electron chi connectivity index (χ2n) is 6.19. The summed E-state index contributed by atoms with van der Waals surface area (Å²) in [6, 6.07) is 3.98. The molecule has 0 bridgehead atoms. The third-order valence-corrected chi connectivity index (χ3v) is 4.52. The van der Waals surface area contributed by atoms with E-state index in [-0.39, 0.29) is 18.3 Å². The highest BCUT2D eigenvalue weighted by Gasteiger charge is 2.29.